The molecule has 138 heavy (non-hydrogen) atoms. The van der Waals surface area contributed by atoms with Gasteiger partial charge in [-0.25, -0.2) is 39.9 Å². The van der Waals surface area contributed by atoms with Crippen LogP contribution < -0.4 is 5.46 Å². The van der Waals surface area contributed by atoms with Crippen LogP contribution in [0, 0.1) is 0 Å². The van der Waals surface area contributed by atoms with E-state index in [2.05, 4.69) is 270 Å². The minimum Gasteiger partial charge on any atom is -0.436 e. The van der Waals surface area contributed by atoms with Crippen molar-refractivity contribution in [3.63, 3.8) is 0 Å². The Morgan fingerprint density at radius 2 is 0.464 bits per heavy atom. The maximum atomic E-state index is 6.48. The zero-order valence-corrected chi connectivity index (χ0v) is 76.8. The smallest absolute Gasteiger partial charge is 0.436 e. The van der Waals surface area contributed by atoms with Gasteiger partial charge in [0, 0.05) is 49.5 Å². The van der Waals surface area contributed by atoms with Crippen LogP contribution in [0.15, 0.2) is 470 Å². The van der Waals surface area contributed by atoms with E-state index < -0.39 is 29.2 Å². The Balaban J connectivity index is 0.000000124. The molecule has 22 aromatic rings. The van der Waals surface area contributed by atoms with E-state index in [0.29, 0.717) is 46.7 Å². The average Bonchev–Trinajstić information content (AvgIpc) is 1.54. The highest BCUT2D eigenvalue weighted by atomic mass is 35.5. The Hall–Kier alpha value is -16.8. The fourth-order valence-corrected chi connectivity index (χ4v) is 19.7. The standard InChI is InChI=1S/C59H38N4O.C38H32BNO3.C27H18ClN3/c1-4-15-42(16-5-1)55-61-56(43-17-6-2-7-18-43)63-57(62-55)46-22-14-21-45(37-46)41-29-27-39(28-30-41)40-31-33-47(34-32-40)59(51-25-12-10-23-49(51)50-24-11-13-26-52(50)59)48-35-36-53-54(38-48)64-58(60-53)44-19-8-3-9-20-44;1-36(2)37(3,4)43-39(42-36)28-21-18-26(19-22-28)38(31-16-10-8-14-29(31)30-15-9-11-17-32(30)38)27-20-23-33-34(24-27)41-35(40-33)25-12-6-5-7-13-25;28-24-16-14-19(15-17-24)22-12-7-13-23(18-22)27-30-25(20-8-3-1-4-9-20)29-26(31-27)21-10-5-2-6-11-21/h1-38H;5-24H,1-4H3;1-18H. The summed E-state index contributed by atoms with van der Waals surface area (Å²) in [6, 6.07) is 160. The Kier molecular flexibility index (Phi) is 22.2. The molecule has 14 heteroatoms. The molecule has 0 spiro atoms. The molecule has 1 aliphatic heterocycles. The maximum Gasteiger partial charge on any atom is 0.494 e. The van der Waals surface area contributed by atoms with Gasteiger partial charge in [0.2, 0.25) is 11.8 Å². The first-order valence-electron chi connectivity index (χ1n) is 46.4. The van der Waals surface area contributed by atoms with Gasteiger partial charge in [0.15, 0.2) is 46.1 Å². The van der Waals surface area contributed by atoms with Crippen LogP contribution in [0.4, 0.5) is 0 Å². The minimum absolute atomic E-state index is 0.397. The fraction of sp³-hybridized carbons (Fsp3) is 0.0645. The molecule has 0 N–H and O–H groups in total. The molecule has 0 atom stereocenters. The zero-order valence-electron chi connectivity index (χ0n) is 76.0. The third-order valence-corrected chi connectivity index (χ3v) is 27.4. The van der Waals surface area contributed by atoms with Crippen LogP contribution in [0.5, 0.6) is 0 Å². The molecule has 0 saturated carbocycles. The molecule has 658 valence electrons. The molecule has 25 rings (SSSR count). The largest absolute Gasteiger partial charge is 0.494 e. The Morgan fingerprint density at radius 1 is 0.210 bits per heavy atom. The minimum atomic E-state index is -0.573. The summed E-state index contributed by atoms with van der Waals surface area (Å²) in [5, 5.41) is 0.720. The lowest BCUT2D eigenvalue weighted by Gasteiger charge is -2.34. The molecule has 1 fully saturated rings. The van der Waals surface area contributed by atoms with E-state index in [1.54, 1.807) is 0 Å². The normalized spacial score (nSPS) is 13.7. The van der Waals surface area contributed by atoms with Gasteiger partial charge in [0.1, 0.15) is 11.0 Å². The SMILES string of the molecule is CC1(C)OB(c2ccc(C3(c4ccc5nc(-c6ccccc6)oc5c4)c4ccccc4-c4ccccc43)cc2)OC1(C)C.Clc1ccc(-c2cccc(-c3nc(-c4ccccc4)nc(-c4ccccc4)n3)c2)cc1.c1ccc(-c2nc(-c3ccccc3)nc(-c3cccc(-c4ccc(-c5ccc(C6(c7ccc8nc(-c9ccccc9)oc8c7)c7ccccc7-c7ccccc76)cc5)cc4)c3)n2)cc1. The summed E-state index contributed by atoms with van der Waals surface area (Å²) in [5.74, 6) is 5.12. The van der Waals surface area contributed by atoms with Crippen LogP contribution in [-0.4, -0.2) is 58.2 Å². The van der Waals surface area contributed by atoms with Gasteiger partial charge in [0.05, 0.1) is 22.0 Å². The van der Waals surface area contributed by atoms with Crippen LogP contribution >= 0.6 is 11.6 Å². The molecular weight excluding hydrogens is 1710 g/mol. The van der Waals surface area contributed by atoms with Gasteiger partial charge in [-0.05, 0) is 206 Å². The molecule has 0 amide bonds. The van der Waals surface area contributed by atoms with Crippen molar-refractivity contribution in [3.05, 3.63) is 511 Å². The Bertz CT molecular complexity index is 8030. The quantitative estimate of drug-likeness (QED) is 0.0848. The second-order valence-electron chi connectivity index (χ2n) is 35.9. The van der Waals surface area contributed by atoms with Gasteiger partial charge in [-0.1, -0.05) is 400 Å². The summed E-state index contributed by atoms with van der Waals surface area (Å²) in [4.78, 5) is 38.9. The topological polar surface area (TPSA) is 148 Å². The number of benzene rings is 18. The lowest BCUT2D eigenvalue weighted by molar-refractivity contribution is 0.00578. The molecule has 3 aliphatic rings. The van der Waals surface area contributed by atoms with Crippen molar-refractivity contribution < 1.29 is 18.1 Å². The second kappa shape index (κ2) is 35.9. The predicted molar refractivity (Wildman–Crippen MR) is 556 cm³/mol. The highest BCUT2D eigenvalue weighted by molar-refractivity contribution is 6.62. The van der Waals surface area contributed by atoms with Crippen molar-refractivity contribution in [2.45, 2.75) is 49.7 Å². The van der Waals surface area contributed by atoms with Crippen molar-refractivity contribution >= 4 is 46.4 Å². The van der Waals surface area contributed by atoms with E-state index in [1.807, 2.05) is 218 Å². The highest BCUT2D eigenvalue weighted by Crippen LogP contribution is 2.59. The van der Waals surface area contributed by atoms with Crippen molar-refractivity contribution in [1.29, 1.82) is 0 Å². The first-order chi connectivity index (χ1) is 67.7. The number of fused-ring (bicyclic) bond motifs is 8. The number of hydrogen-bond acceptors (Lipinski definition) is 12. The Labute approximate surface area is 806 Å². The van der Waals surface area contributed by atoms with Crippen LogP contribution in [-0.2, 0) is 20.1 Å². The third kappa shape index (κ3) is 15.8. The summed E-state index contributed by atoms with van der Waals surface area (Å²) >= 11 is 6.05. The van der Waals surface area contributed by atoms with Crippen molar-refractivity contribution in [3.8, 4) is 147 Å². The van der Waals surface area contributed by atoms with Crippen LogP contribution in [0.25, 0.3) is 169 Å². The number of rotatable bonds is 16. The first-order valence-corrected chi connectivity index (χ1v) is 46.8. The molecule has 0 radical (unpaired) electrons. The third-order valence-electron chi connectivity index (χ3n) is 27.1. The molecule has 1 saturated heterocycles. The second-order valence-corrected chi connectivity index (χ2v) is 36.4. The maximum absolute atomic E-state index is 6.48. The lowest BCUT2D eigenvalue weighted by atomic mass is 9.66. The zero-order chi connectivity index (χ0) is 92.9. The first kappa shape index (κ1) is 85.4. The van der Waals surface area contributed by atoms with Crippen LogP contribution in [0.1, 0.15) is 72.2 Å². The molecule has 0 unspecified atom stereocenters. The molecule has 18 aromatic carbocycles. The van der Waals surface area contributed by atoms with Gasteiger partial charge in [-0.2, -0.15) is 0 Å². The summed E-state index contributed by atoms with van der Waals surface area (Å²) in [5.41, 5.74) is 31.2. The number of aromatic nitrogens is 8. The molecule has 5 heterocycles. The van der Waals surface area contributed by atoms with Gasteiger partial charge >= 0.3 is 7.12 Å². The molecule has 4 aromatic heterocycles. The van der Waals surface area contributed by atoms with E-state index in [1.165, 1.54) is 55.6 Å². The average molecular weight is 1800 g/mol. The van der Waals surface area contributed by atoms with Gasteiger partial charge in [0.25, 0.3) is 0 Å². The van der Waals surface area contributed by atoms with Crippen LogP contribution in [0.2, 0.25) is 5.02 Å². The monoisotopic (exact) mass is 1800 g/mol. The molecular formula is C124H88BClN8O4. The van der Waals surface area contributed by atoms with Crippen LogP contribution in [0.3, 0.4) is 0 Å². The van der Waals surface area contributed by atoms with E-state index in [4.69, 9.17) is 69.6 Å². The summed E-state index contributed by atoms with van der Waals surface area (Å²) in [7, 11) is -0.417. The predicted octanol–water partition coefficient (Wildman–Crippen LogP) is 29.7. The number of oxazole rings is 2. The van der Waals surface area contributed by atoms with Gasteiger partial charge in [-0.15, -0.1) is 0 Å². The van der Waals surface area contributed by atoms with Crippen molar-refractivity contribution in [1.82, 2.24) is 39.9 Å². The lowest BCUT2D eigenvalue weighted by Crippen LogP contribution is -2.41. The van der Waals surface area contributed by atoms with E-state index in [-0.39, 0.29) is 0 Å². The van der Waals surface area contributed by atoms with Crippen molar-refractivity contribution in [2.24, 2.45) is 0 Å². The Morgan fingerprint density at radius 3 is 0.797 bits per heavy atom. The summed E-state index contributed by atoms with van der Waals surface area (Å²) in [6.45, 7) is 8.36. The van der Waals surface area contributed by atoms with Crippen molar-refractivity contribution in [2.75, 3.05) is 0 Å². The summed E-state index contributed by atoms with van der Waals surface area (Å²) < 4.78 is 25.6. The van der Waals surface area contributed by atoms with E-state index >= 15 is 0 Å². The summed E-state index contributed by atoms with van der Waals surface area (Å²) in [6.07, 6.45) is 0. The number of hydrogen-bond donors (Lipinski definition) is 0. The molecule has 0 bridgehead atoms. The fourth-order valence-electron chi connectivity index (χ4n) is 19.6. The van der Waals surface area contributed by atoms with Gasteiger partial charge < -0.3 is 18.1 Å². The number of halogens is 1. The number of nitrogens with zero attached hydrogens (tertiary/aromatic N) is 8. The van der Waals surface area contributed by atoms with E-state index in [9.17, 15) is 0 Å². The van der Waals surface area contributed by atoms with E-state index in [0.717, 1.165) is 122 Å². The highest BCUT2D eigenvalue weighted by Gasteiger charge is 2.53. The molecule has 2 aliphatic carbocycles. The molecule has 12 nitrogen and oxygen atoms in total. The van der Waals surface area contributed by atoms with Gasteiger partial charge in [-0.3, -0.25) is 0 Å².